The second kappa shape index (κ2) is 3.13. The van der Waals surface area contributed by atoms with Crippen molar-refractivity contribution >= 4 is 0 Å². The molecule has 3 aliphatic rings. The van der Waals surface area contributed by atoms with Crippen molar-refractivity contribution in [3.8, 4) is 0 Å². The lowest BCUT2D eigenvalue weighted by Crippen LogP contribution is -2.43. The van der Waals surface area contributed by atoms with E-state index in [9.17, 15) is 5.11 Å². The van der Waals surface area contributed by atoms with Gasteiger partial charge in [0.25, 0.3) is 0 Å². The van der Waals surface area contributed by atoms with Gasteiger partial charge in [0.2, 0.25) is 0 Å². The Morgan fingerprint density at radius 2 is 1.46 bits per heavy atom. The summed E-state index contributed by atoms with van der Waals surface area (Å²) >= 11 is 0. The number of hydrogen-bond acceptors (Lipinski definition) is 1. The number of aliphatic hydroxyl groups excluding tert-OH is 1. The van der Waals surface area contributed by atoms with E-state index in [1.54, 1.807) is 0 Å². The van der Waals surface area contributed by atoms with Crippen molar-refractivity contribution in [1.82, 2.24) is 0 Å². The van der Waals surface area contributed by atoms with Gasteiger partial charge in [-0.3, -0.25) is 0 Å². The molecule has 74 valence electrons. The second-order valence-electron chi connectivity index (χ2n) is 5.15. The lowest BCUT2D eigenvalue weighted by molar-refractivity contribution is -0.0405. The zero-order valence-electron chi connectivity index (χ0n) is 8.39. The molecule has 0 radical (unpaired) electrons. The van der Waals surface area contributed by atoms with E-state index >= 15 is 0 Å². The van der Waals surface area contributed by atoms with Gasteiger partial charge in [-0.15, -0.1) is 6.58 Å². The summed E-state index contributed by atoms with van der Waals surface area (Å²) in [7, 11) is 0. The van der Waals surface area contributed by atoms with Crippen molar-refractivity contribution in [2.45, 2.75) is 44.9 Å². The van der Waals surface area contributed by atoms with Crippen LogP contribution in [0.1, 0.15) is 44.9 Å². The summed E-state index contributed by atoms with van der Waals surface area (Å²) in [6.07, 6.45) is 11.0. The summed E-state index contributed by atoms with van der Waals surface area (Å²) < 4.78 is 0. The van der Waals surface area contributed by atoms with Crippen LogP contribution in [0.5, 0.6) is 0 Å². The van der Waals surface area contributed by atoms with Crippen LogP contribution in [-0.4, -0.2) is 11.7 Å². The second-order valence-corrected chi connectivity index (χ2v) is 5.15. The molecule has 0 heterocycles. The highest BCUT2D eigenvalue weighted by molar-refractivity contribution is 5.01. The van der Waals surface area contributed by atoms with Crippen LogP contribution in [0.15, 0.2) is 12.7 Å². The Bertz CT molecular complexity index is 183. The third-order valence-electron chi connectivity index (χ3n) is 4.47. The zero-order chi connectivity index (χ0) is 9.36. The maximum absolute atomic E-state index is 9.36. The van der Waals surface area contributed by atoms with Crippen LogP contribution in [0.4, 0.5) is 0 Å². The van der Waals surface area contributed by atoms with Gasteiger partial charge in [-0.1, -0.05) is 6.08 Å². The molecule has 0 aromatic carbocycles. The van der Waals surface area contributed by atoms with Crippen molar-refractivity contribution in [2.24, 2.45) is 10.8 Å². The summed E-state index contributed by atoms with van der Waals surface area (Å²) in [4.78, 5) is 0. The minimum absolute atomic E-state index is 0.322. The normalized spacial score (nSPS) is 43.5. The van der Waals surface area contributed by atoms with Gasteiger partial charge in [0.05, 0.1) is 0 Å². The van der Waals surface area contributed by atoms with E-state index in [4.69, 9.17) is 0 Å². The minimum Gasteiger partial charge on any atom is -0.396 e. The van der Waals surface area contributed by atoms with Crippen molar-refractivity contribution in [1.29, 1.82) is 0 Å². The van der Waals surface area contributed by atoms with Gasteiger partial charge in [-0.05, 0) is 55.8 Å². The highest BCUT2D eigenvalue weighted by Crippen LogP contribution is 2.58. The fourth-order valence-corrected chi connectivity index (χ4v) is 3.19. The van der Waals surface area contributed by atoms with E-state index in [1.165, 1.54) is 44.9 Å². The van der Waals surface area contributed by atoms with E-state index < -0.39 is 0 Å². The van der Waals surface area contributed by atoms with Crippen molar-refractivity contribution in [3.05, 3.63) is 12.7 Å². The van der Waals surface area contributed by atoms with Gasteiger partial charge < -0.3 is 5.11 Å². The van der Waals surface area contributed by atoms with Gasteiger partial charge in [0, 0.05) is 6.61 Å². The molecule has 0 aliphatic heterocycles. The topological polar surface area (TPSA) is 20.2 Å². The first kappa shape index (κ1) is 9.26. The summed E-state index contributed by atoms with van der Waals surface area (Å²) in [5.41, 5.74) is 0.904. The molecule has 3 fully saturated rings. The smallest absolute Gasteiger partial charge is 0.0487 e. The molecule has 13 heavy (non-hydrogen) atoms. The first-order chi connectivity index (χ1) is 6.24. The number of hydrogen-bond donors (Lipinski definition) is 1. The van der Waals surface area contributed by atoms with Crippen molar-refractivity contribution in [3.63, 3.8) is 0 Å². The maximum Gasteiger partial charge on any atom is 0.0487 e. The minimum atomic E-state index is 0.322. The zero-order valence-corrected chi connectivity index (χ0v) is 8.39. The van der Waals surface area contributed by atoms with Gasteiger partial charge in [-0.2, -0.15) is 0 Å². The first-order valence-corrected chi connectivity index (χ1v) is 5.46. The first-order valence-electron chi connectivity index (χ1n) is 5.46. The Balaban J connectivity index is 2.06. The van der Waals surface area contributed by atoms with Crippen LogP contribution in [-0.2, 0) is 0 Å². The molecule has 3 saturated carbocycles. The Hall–Kier alpha value is -0.300. The Morgan fingerprint density at radius 3 is 1.85 bits per heavy atom. The molecule has 2 bridgehead atoms. The number of rotatable bonds is 3. The number of fused-ring (bicyclic) bond motifs is 3. The Morgan fingerprint density at radius 1 is 1.00 bits per heavy atom. The number of allylic oxidation sites excluding steroid dienone is 1. The van der Waals surface area contributed by atoms with Gasteiger partial charge in [-0.25, -0.2) is 0 Å². The summed E-state index contributed by atoms with van der Waals surface area (Å²) in [6, 6.07) is 0. The van der Waals surface area contributed by atoms with E-state index in [-0.39, 0.29) is 0 Å². The molecule has 1 heteroatoms. The summed E-state index contributed by atoms with van der Waals surface area (Å²) in [5.74, 6) is 0. The number of aliphatic hydroxyl groups is 1. The molecule has 3 rings (SSSR count). The maximum atomic E-state index is 9.36. The van der Waals surface area contributed by atoms with Crippen LogP contribution >= 0.6 is 0 Å². The van der Waals surface area contributed by atoms with Crippen LogP contribution in [0.25, 0.3) is 0 Å². The lowest BCUT2D eigenvalue weighted by Gasteiger charge is -2.52. The van der Waals surface area contributed by atoms with Gasteiger partial charge in [0.15, 0.2) is 0 Å². The van der Waals surface area contributed by atoms with Crippen LogP contribution < -0.4 is 0 Å². The van der Waals surface area contributed by atoms with E-state index in [2.05, 4.69) is 12.7 Å². The SMILES string of the molecule is C=CCC12CCC(CO)(CC1)CC2. The van der Waals surface area contributed by atoms with Gasteiger partial charge >= 0.3 is 0 Å². The van der Waals surface area contributed by atoms with Gasteiger partial charge in [0.1, 0.15) is 0 Å². The molecule has 0 spiro atoms. The fraction of sp³-hybridized carbons (Fsp3) is 0.833. The molecule has 0 atom stereocenters. The summed E-state index contributed by atoms with van der Waals surface area (Å²) in [5, 5.41) is 9.36. The van der Waals surface area contributed by atoms with Crippen molar-refractivity contribution in [2.75, 3.05) is 6.61 Å². The van der Waals surface area contributed by atoms with Crippen LogP contribution in [0, 0.1) is 10.8 Å². The van der Waals surface area contributed by atoms with Crippen molar-refractivity contribution < 1.29 is 5.11 Å². The molecular formula is C12H20O. The predicted octanol–water partition coefficient (Wildman–Crippen LogP) is 2.90. The average molecular weight is 180 g/mol. The molecule has 1 nitrogen and oxygen atoms in total. The molecule has 0 unspecified atom stereocenters. The van der Waals surface area contributed by atoms with Crippen LogP contribution in [0.2, 0.25) is 0 Å². The highest BCUT2D eigenvalue weighted by atomic mass is 16.3. The predicted molar refractivity (Wildman–Crippen MR) is 54.5 cm³/mol. The molecular weight excluding hydrogens is 160 g/mol. The Labute approximate surface area is 80.8 Å². The van der Waals surface area contributed by atoms with E-state index in [1.807, 2.05) is 0 Å². The third-order valence-corrected chi connectivity index (χ3v) is 4.47. The molecule has 0 aromatic heterocycles. The largest absolute Gasteiger partial charge is 0.396 e. The molecule has 0 aromatic rings. The average Bonchev–Trinajstić information content (AvgIpc) is 2.21. The Kier molecular flexibility index (Phi) is 2.23. The van der Waals surface area contributed by atoms with Crippen LogP contribution in [0.3, 0.4) is 0 Å². The molecule has 0 amide bonds. The molecule has 1 N–H and O–H groups in total. The van der Waals surface area contributed by atoms with E-state index in [0.717, 1.165) is 0 Å². The molecule has 3 aliphatic carbocycles. The fourth-order valence-electron chi connectivity index (χ4n) is 3.19. The monoisotopic (exact) mass is 180 g/mol. The molecule has 0 saturated heterocycles. The third kappa shape index (κ3) is 1.43. The lowest BCUT2D eigenvalue weighted by atomic mass is 9.53. The van der Waals surface area contributed by atoms with E-state index in [0.29, 0.717) is 17.4 Å². The summed E-state index contributed by atoms with van der Waals surface area (Å²) in [6.45, 7) is 4.27. The standard InChI is InChI=1S/C12H20O/c1-2-3-11-4-7-12(10-13,8-5-11)9-6-11/h2,13H,1,3-10H2. The highest BCUT2D eigenvalue weighted by Gasteiger charge is 2.47. The quantitative estimate of drug-likeness (QED) is 0.662.